The highest BCUT2D eigenvalue weighted by molar-refractivity contribution is 6.36. The average molecular weight is 186 g/mol. The maximum absolute atomic E-state index is 11.0. The van der Waals surface area contributed by atoms with Gasteiger partial charge < -0.3 is 9.84 Å². The van der Waals surface area contributed by atoms with Gasteiger partial charge in [0, 0.05) is 0 Å². The fraction of sp³-hybridized carbons (Fsp3) is 0.625. The Bertz CT molecular complexity index is 253. The molecule has 1 atom stereocenters. The summed E-state index contributed by atoms with van der Waals surface area (Å²) >= 11 is 0. The van der Waals surface area contributed by atoms with Gasteiger partial charge in [0.05, 0.1) is 0 Å². The average Bonchev–Trinajstić information content (AvgIpc) is 2.85. The summed E-state index contributed by atoms with van der Waals surface area (Å²) in [6.45, 7) is 1.24. The van der Waals surface area contributed by atoms with Crippen LogP contribution in [0.1, 0.15) is 19.8 Å². The van der Waals surface area contributed by atoms with Gasteiger partial charge in [0.2, 0.25) is 0 Å². The monoisotopic (exact) mass is 186 g/mol. The second-order valence-corrected chi connectivity index (χ2v) is 3.03. The molecule has 0 aromatic heterocycles. The van der Waals surface area contributed by atoms with Crippen LogP contribution in [0.2, 0.25) is 0 Å². The Morgan fingerprint density at radius 3 is 2.31 bits per heavy atom. The molecule has 1 aliphatic carbocycles. The molecular weight excluding hydrogens is 176 g/mol. The molecule has 0 spiro atoms. The summed E-state index contributed by atoms with van der Waals surface area (Å²) in [6, 6.07) is 0. The van der Waals surface area contributed by atoms with E-state index in [1.807, 2.05) is 0 Å². The minimum Gasteiger partial charge on any atom is -0.475 e. The van der Waals surface area contributed by atoms with Gasteiger partial charge in [-0.3, -0.25) is 9.59 Å². The van der Waals surface area contributed by atoms with Crippen LogP contribution >= 0.6 is 0 Å². The molecule has 5 nitrogen and oxygen atoms in total. The van der Waals surface area contributed by atoms with Crippen LogP contribution in [0, 0.1) is 5.92 Å². The van der Waals surface area contributed by atoms with Crippen molar-refractivity contribution in [3.63, 3.8) is 0 Å². The van der Waals surface area contributed by atoms with Crippen molar-refractivity contribution in [2.45, 2.75) is 25.9 Å². The molecule has 72 valence electrons. The van der Waals surface area contributed by atoms with Gasteiger partial charge in [0.1, 0.15) is 12.0 Å². The molecule has 0 aromatic rings. The lowest BCUT2D eigenvalue weighted by Gasteiger charge is -2.06. The van der Waals surface area contributed by atoms with E-state index in [0.29, 0.717) is 0 Å². The van der Waals surface area contributed by atoms with E-state index in [-0.39, 0.29) is 6.10 Å². The van der Waals surface area contributed by atoms with E-state index in [9.17, 15) is 14.4 Å². The topological polar surface area (TPSA) is 80.7 Å². The lowest BCUT2D eigenvalue weighted by Crippen LogP contribution is -2.29. The normalized spacial score (nSPS) is 17.6. The Balaban J connectivity index is 2.44. The molecule has 0 heterocycles. The quantitative estimate of drug-likeness (QED) is 0.379. The Morgan fingerprint density at radius 1 is 1.38 bits per heavy atom. The van der Waals surface area contributed by atoms with Crippen molar-refractivity contribution < 1.29 is 24.2 Å². The SMILES string of the molecule is CC(C(=O)OC1CC1)C(=O)C(=O)O. The second kappa shape index (κ2) is 3.55. The summed E-state index contributed by atoms with van der Waals surface area (Å²) in [4.78, 5) is 32.0. The first-order valence-electron chi connectivity index (χ1n) is 4.00. The fourth-order valence-electron chi connectivity index (χ4n) is 0.744. The van der Waals surface area contributed by atoms with E-state index in [1.165, 1.54) is 6.92 Å². The minimum absolute atomic E-state index is 0.100. The number of carbonyl (C=O) groups excluding carboxylic acids is 2. The summed E-state index contributed by atoms with van der Waals surface area (Å²) in [7, 11) is 0. The first-order chi connectivity index (χ1) is 6.02. The number of carboxylic acids is 1. The number of Topliss-reactive ketones (excluding diaryl/α,β-unsaturated/α-hetero) is 1. The number of ketones is 1. The molecule has 1 saturated carbocycles. The molecule has 5 heteroatoms. The predicted octanol–water partition coefficient (Wildman–Crippen LogP) is -0.0182. The van der Waals surface area contributed by atoms with E-state index < -0.39 is 23.6 Å². The smallest absolute Gasteiger partial charge is 0.373 e. The van der Waals surface area contributed by atoms with Gasteiger partial charge in [-0.2, -0.15) is 0 Å². The maximum atomic E-state index is 11.0. The predicted molar refractivity (Wildman–Crippen MR) is 40.9 cm³/mol. The number of hydrogen-bond donors (Lipinski definition) is 1. The standard InChI is InChI=1S/C8H10O5/c1-4(6(9)7(10)11)8(12)13-5-2-3-5/h4-5H,2-3H2,1H3,(H,10,11). The van der Waals surface area contributed by atoms with Gasteiger partial charge in [-0.1, -0.05) is 0 Å². The third kappa shape index (κ3) is 2.54. The number of aliphatic carboxylic acids is 1. The van der Waals surface area contributed by atoms with Gasteiger partial charge in [0.25, 0.3) is 5.78 Å². The summed E-state index contributed by atoms with van der Waals surface area (Å²) in [5.41, 5.74) is 0. The zero-order valence-corrected chi connectivity index (χ0v) is 7.15. The Hall–Kier alpha value is -1.39. The van der Waals surface area contributed by atoms with E-state index in [2.05, 4.69) is 0 Å². The van der Waals surface area contributed by atoms with E-state index in [4.69, 9.17) is 9.84 Å². The number of carbonyl (C=O) groups is 3. The molecule has 1 aliphatic rings. The van der Waals surface area contributed by atoms with Crippen molar-refractivity contribution in [2.24, 2.45) is 5.92 Å². The molecular formula is C8H10O5. The number of esters is 1. The zero-order valence-electron chi connectivity index (χ0n) is 7.15. The highest BCUT2D eigenvalue weighted by Crippen LogP contribution is 2.24. The van der Waals surface area contributed by atoms with E-state index in [0.717, 1.165) is 12.8 Å². The van der Waals surface area contributed by atoms with E-state index in [1.54, 1.807) is 0 Å². The van der Waals surface area contributed by atoms with Gasteiger partial charge >= 0.3 is 11.9 Å². The Kier molecular flexibility index (Phi) is 2.65. The Labute approximate surface area is 74.7 Å². The summed E-state index contributed by atoms with van der Waals surface area (Å²) < 4.78 is 4.77. The van der Waals surface area contributed by atoms with E-state index >= 15 is 0 Å². The largest absolute Gasteiger partial charge is 0.475 e. The second-order valence-electron chi connectivity index (χ2n) is 3.03. The third-order valence-electron chi connectivity index (χ3n) is 1.76. The van der Waals surface area contributed by atoms with Gasteiger partial charge in [-0.15, -0.1) is 0 Å². The van der Waals surface area contributed by atoms with Crippen molar-refractivity contribution in [2.75, 3.05) is 0 Å². The Morgan fingerprint density at radius 2 is 1.92 bits per heavy atom. The molecule has 0 saturated heterocycles. The number of hydrogen-bond acceptors (Lipinski definition) is 4. The van der Waals surface area contributed by atoms with Crippen LogP contribution in [0.5, 0.6) is 0 Å². The lowest BCUT2D eigenvalue weighted by atomic mass is 10.1. The minimum atomic E-state index is -1.60. The number of carboxylic acid groups (broad SMARTS) is 1. The lowest BCUT2D eigenvalue weighted by molar-refractivity contribution is -0.159. The highest BCUT2D eigenvalue weighted by Gasteiger charge is 2.33. The van der Waals surface area contributed by atoms with Crippen molar-refractivity contribution in [3.05, 3.63) is 0 Å². The molecule has 0 bridgehead atoms. The molecule has 1 unspecified atom stereocenters. The van der Waals surface area contributed by atoms with Gasteiger partial charge in [-0.25, -0.2) is 4.79 Å². The summed E-state index contributed by atoms with van der Waals surface area (Å²) in [5, 5.41) is 8.29. The van der Waals surface area contributed by atoms with Crippen LogP contribution in [-0.2, 0) is 19.1 Å². The van der Waals surface area contributed by atoms with Gasteiger partial charge in [-0.05, 0) is 19.8 Å². The van der Waals surface area contributed by atoms with Crippen molar-refractivity contribution in [1.82, 2.24) is 0 Å². The molecule has 1 fully saturated rings. The molecule has 0 amide bonds. The molecule has 13 heavy (non-hydrogen) atoms. The first-order valence-corrected chi connectivity index (χ1v) is 4.00. The summed E-state index contributed by atoms with van der Waals surface area (Å²) in [6.07, 6.45) is 1.51. The van der Waals surface area contributed by atoms with Crippen LogP contribution < -0.4 is 0 Å². The van der Waals surface area contributed by atoms with Crippen LogP contribution in [0.15, 0.2) is 0 Å². The van der Waals surface area contributed by atoms with Crippen molar-refractivity contribution in [3.8, 4) is 0 Å². The molecule has 1 rings (SSSR count). The van der Waals surface area contributed by atoms with Gasteiger partial charge in [0.15, 0.2) is 0 Å². The maximum Gasteiger partial charge on any atom is 0.373 e. The van der Waals surface area contributed by atoms with Crippen molar-refractivity contribution in [1.29, 1.82) is 0 Å². The van der Waals surface area contributed by atoms with Crippen LogP contribution in [0.3, 0.4) is 0 Å². The highest BCUT2D eigenvalue weighted by atomic mass is 16.5. The fourth-order valence-corrected chi connectivity index (χ4v) is 0.744. The van der Waals surface area contributed by atoms with Crippen LogP contribution in [0.4, 0.5) is 0 Å². The summed E-state index contributed by atoms with van der Waals surface area (Å²) in [5.74, 6) is -4.65. The third-order valence-corrected chi connectivity index (χ3v) is 1.76. The van der Waals surface area contributed by atoms with Crippen molar-refractivity contribution >= 4 is 17.7 Å². The molecule has 0 aromatic carbocycles. The molecule has 0 aliphatic heterocycles. The molecule has 0 radical (unpaired) electrons. The number of ether oxygens (including phenoxy) is 1. The van der Waals surface area contributed by atoms with Crippen LogP contribution in [-0.4, -0.2) is 28.9 Å². The first kappa shape index (κ1) is 9.70. The van der Waals surface area contributed by atoms with Crippen LogP contribution in [0.25, 0.3) is 0 Å². The zero-order chi connectivity index (χ0) is 10.0. The number of rotatable bonds is 4. The molecule has 1 N–H and O–H groups in total.